The molecule has 0 aromatic heterocycles. The molecule has 1 amide bonds. The van der Waals surface area contributed by atoms with Gasteiger partial charge in [-0.3, -0.25) is 14.9 Å². The molecule has 138 valence electrons. The zero-order valence-corrected chi connectivity index (χ0v) is 15.1. The van der Waals surface area contributed by atoms with Gasteiger partial charge in [-0.15, -0.1) is 0 Å². The molecular formula is C16H23N3O5S. The van der Waals surface area contributed by atoms with E-state index in [0.717, 1.165) is 18.9 Å². The van der Waals surface area contributed by atoms with E-state index in [9.17, 15) is 23.3 Å². The van der Waals surface area contributed by atoms with Crippen LogP contribution in [0.2, 0.25) is 0 Å². The molecule has 0 unspecified atom stereocenters. The Bertz CT molecular complexity index is 735. The molecule has 0 saturated carbocycles. The van der Waals surface area contributed by atoms with Crippen LogP contribution < -0.4 is 0 Å². The summed E-state index contributed by atoms with van der Waals surface area (Å²) in [4.78, 5) is 24.0. The monoisotopic (exact) mass is 369 g/mol. The lowest BCUT2D eigenvalue weighted by atomic mass is 10.2. The Morgan fingerprint density at radius 3 is 2.68 bits per heavy atom. The Labute approximate surface area is 147 Å². The van der Waals surface area contributed by atoms with Crippen LogP contribution in [0.15, 0.2) is 29.2 Å². The molecule has 0 N–H and O–H groups in total. The summed E-state index contributed by atoms with van der Waals surface area (Å²) in [6, 6.07) is 5.06. The van der Waals surface area contributed by atoms with Crippen LogP contribution >= 0.6 is 0 Å². The third-order valence-corrected chi connectivity index (χ3v) is 6.11. The van der Waals surface area contributed by atoms with E-state index in [0.29, 0.717) is 32.5 Å². The van der Waals surface area contributed by atoms with Crippen molar-refractivity contribution in [1.82, 2.24) is 9.21 Å². The SMILES string of the molecule is CCCCC(=O)N1CCCN(S(=O)(=O)c2cccc([N+](=O)[O-])c2)CC1. The molecule has 2 rings (SSSR count). The Hall–Kier alpha value is -2.00. The van der Waals surface area contributed by atoms with Crippen molar-refractivity contribution in [2.75, 3.05) is 26.2 Å². The highest BCUT2D eigenvalue weighted by Crippen LogP contribution is 2.22. The lowest BCUT2D eigenvalue weighted by Gasteiger charge is -2.22. The second-order valence-corrected chi connectivity index (χ2v) is 7.93. The van der Waals surface area contributed by atoms with Crippen LogP contribution in [0.3, 0.4) is 0 Å². The summed E-state index contributed by atoms with van der Waals surface area (Å²) in [6.07, 6.45) is 2.79. The zero-order valence-electron chi connectivity index (χ0n) is 14.3. The van der Waals surface area contributed by atoms with Gasteiger partial charge in [-0.05, 0) is 18.9 Å². The minimum Gasteiger partial charge on any atom is -0.341 e. The van der Waals surface area contributed by atoms with Crippen molar-refractivity contribution >= 4 is 21.6 Å². The maximum atomic E-state index is 12.8. The molecule has 0 bridgehead atoms. The Balaban J connectivity index is 2.12. The normalized spacial score (nSPS) is 16.4. The summed E-state index contributed by atoms with van der Waals surface area (Å²) < 4.78 is 26.8. The number of hydrogen-bond donors (Lipinski definition) is 0. The number of non-ortho nitro benzene ring substituents is 1. The van der Waals surface area contributed by atoms with Crippen LogP contribution in [0.25, 0.3) is 0 Å². The van der Waals surface area contributed by atoms with Crippen molar-refractivity contribution < 1.29 is 18.1 Å². The lowest BCUT2D eigenvalue weighted by molar-refractivity contribution is -0.385. The number of nitro benzene ring substituents is 1. The molecule has 1 fully saturated rings. The summed E-state index contributed by atoms with van der Waals surface area (Å²) >= 11 is 0. The minimum absolute atomic E-state index is 0.0523. The largest absolute Gasteiger partial charge is 0.341 e. The van der Waals surface area contributed by atoms with E-state index < -0.39 is 14.9 Å². The second kappa shape index (κ2) is 8.39. The highest BCUT2D eigenvalue weighted by atomic mass is 32.2. The van der Waals surface area contributed by atoms with Crippen LogP contribution in [0, 0.1) is 10.1 Å². The lowest BCUT2D eigenvalue weighted by Crippen LogP contribution is -2.37. The van der Waals surface area contributed by atoms with Gasteiger partial charge >= 0.3 is 0 Å². The van der Waals surface area contributed by atoms with Crippen molar-refractivity contribution in [2.45, 2.75) is 37.5 Å². The van der Waals surface area contributed by atoms with Gasteiger partial charge in [-0.1, -0.05) is 19.4 Å². The summed E-state index contributed by atoms with van der Waals surface area (Å²) in [5.74, 6) is 0.0523. The number of carbonyl (C=O) groups excluding carboxylic acids is 1. The van der Waals surface area contributed by atoms with Gasteiger partial charge in [-0.25, -0.2) is 8.42 Å². The highest BCUT2D eigenvalue weighted by molar-refractivity contribution is 7.89. The van der Waals surface area contributed by atoms with E-state index in [4.69, 9.17) is 0 Å². The number of carbonyl (C=O) groups is 1. The first kappa shape index (κ1) is 19.3. The van der Waals surface area contributed by atoms with Crippen molar-refractivity contribution in [2.24, 2.45) is 0 Å². The van der Waals surface area contributed by atoms with Gasteiger partial charge in [0.05, 0.1) is 9.82 Å². The molecule has 0 spiro atoms. The molecule has 1 aliphatic heterocycles. The first-order valence-electron chi connectivity index (χ1n) is 8.38. The van der Waals surface area contributed by atoms with E-state index in [2.05, 4.69) is 0 Å². The smallest absolute Gasteiger partial charge is 0.270 e. The van der Waals surface area contributed by atoms with Crippen molar-refractivity contribution in [3.8, 4) is 0 Å². The second-order valence-electron chi connectivity index (χ2n) is 6.00. The topological polar surface area (TPSA) is 101 Å². The molecule has 1 aromatic carbocycles. The van der Waals surface area contributed by atoms with Gasteiger partial charge in [0.25, 0.3) is 5.69 Å². The van der Waals surface area contributed by atoms with Gasteiger partial charge in [0.2, 0.25) is 15.9 Å². The van der Waals surface area contributed by atoms with E-state index >= 15 is 0 Å². The number of unbranched alkanes of at least 4 members (excludes halogenated alkanes) is 1. The molecule has 0 aliphatic carbocycles. The number of hydrogen-bond acceptors (Lipinski definition) is 5. The maximum absolute atomic E-state index is 12.8. The van der Waals surface area contributed by atoms with E-state index in [1.807, 2.05) is 6.92 Å². The van der Waals surface area contributed by atoms with Crippen LogP contribution in [-0.2, 0) is 14.8 Å². The van der Waals surface area contributed by atoms with Crippen LogP contribution in [-0.4, -0.2) is 54.6 Å². The first-order chi connectivity index (χ1) is 11.9. The number of amides is 1. The molecular weight excluding hydrogens is 346 g/mol. The standard InChI is InChI=1S/C16H23N3O5S/c1-2-3-8-16(20)17-9-5-10-18(12-11-17)25(23,24)15-7-4-6-14(13-15)19(21)22/h4,6-7,13H,2-3,5,8-12H2,1H3. The molecule has 25 heavy (non-hydrogen) atoms. The predicted octanol–water partition coefficient (Wildman–Crippen LogP) is 2.01. The molecule has 8 nitrogen and oxygen atoms in total. The fourth-order valence-corrected chi connectivity index (χ4v) is 4.29. The number of sulfonamides is 1. The van der Waals surface area contributed by atoms with Gasteiger partial charge in [0.1, 0.15) is 0 Å². The molecule has 1 saturated heterocycles. The van der Waals surface area contributed by atoms with Crippen molar-refractivity contribution in [3.05, 3.63) is 34.4 Å². The number of benzene rings is 1. The molecule has 1 aromatic rings. The summed E-state index contributed by atoms with van der Waals surface area (Å²) in [7, 11) is -3.82. The van der Waals surface area contributed by atoms with Crippen molar-refractivity contribution in [3.63, 3.8) is 0 Å². The van der Waals surface area contributed by atoms with E-state index in [1.165, 1.54) is 22.5 Å². The molecule has 0 atom stereocenters. The van der Waals surface area contributed by atoms with Gasteiger partial charge in [-0.2, -0.15) is 4.31 Å². The average Bonchev–Trinajstić information content (AvgIpc) is 2.86. The summed E-state index contributed by atoms with van der Waals surface area (Å²) in [6.45, 7) is 3.38. The highest BCUT2D eigenvalue weighted by Gasteiger charge is 2.29. The Morgan fingerprint density at radius 1 is 1.24 bits per heavy atom. The van der Waals surface area contributed by atoms with Crippen molar-refractivity contribution in [1.29, 1.82) is 0 Å². The van der Waals surface area contributed by atoms with Crippen LogP contribution in [0.4, 0.5) is 5.69 Å². The Morgan fingerprint density at radius 2 is 2.00 bits per heavy atom. The zero-order chi connectivity index (χ0) is 18.4. The van der Waals surface area contributed by atoms with E-state index in [1.54, 1.807) is 4.90 Å². The van der Waals surface area contributed by atoms with E-state index in [-0.39, 0.29) is 23.0 Å². The third kappa shape index (κ3) is 4.76. The summed E-state index contributed by atoms with van der Waals surface area (Å²) in [5.41, 5.74) is -0.257. The maximum Gasteiger partial charge on any atom is 0.270 e. The van der Waals surface area contributed by atoms with Gasteiger partial charge in [0.15, 0.2) is 0 Å². The summed E-state index contributed by atoms with van der Waals surface area (Å²) in [5, 5.41) is 10.9. The average molecular weight is 369 g/mol. The quantitative estimate of drug-likeness (QED) is 0.564. The van der Waals surface area contributed by atoms with Crippen LogP contribution in [0.1, 0.15) is 32.6 Å². The number of nitro groups is 1. The third-order valence-electron chi connectivity index (χ3n) is 4.22. The molecule has 1 aliphatic rings. The fraction of sp³-hybridized carbons (Fsp3) is 0.562. The van der Waals surface area contributed by atoms with Crippen LogP contribution in [0.5, 0.6) is 0 Å². The van der Waals surface area contributed by atoms with Gasteiger partial charge < -0.3 is 4.90 Å². The van der Waals surface area contributed by atoms with Gasteiger partial charge in [0, 0.05) is 44.7 Å². The molecule has 1 heterocycles. The predicted molar refractivity (Wildman–Crippen MR) is 92.6 cm³/mol. The number of nitrogens with zero attached hydrogens (tertiary/aromatic N) is 3. The minimum atomic E-state index is -3.82. The molecule has 9 heteroatoms. The number of rotatable bonds is 6. The molecule has 0 radical (unpaired) electrons. The fourth-order valence-electron chi connectivity index (χ4n) is 2.78. The Kier molecular flexibility index (Phi) is 6.49. The first-order valence-corrected chi connectivity index (χ1v) is 9.82.